The zero-order valence-corrected chi connectivity index (χ0v) is 16.6. The maximum absolute atomic E-state index is 12.7. The molecule has 0 atom stereocenters. The average molecular weight is 432 g/mol. The molecule has 142 valence electrons. The Hall–Kier alpha value is -2.95. The summed E-state index contributed by atoms with van der Waals surface area (Å²) in [6, 6.07) is 11.6. The third-order valence-corrected chi connectivity index (χ3v) is 7.35. The number of carbonyl (C=O) groups is 1. The normalized spacial score (nSPS) is 11.4. The number of nitrogens with two attached hydrogens (primary N) is 1. The van der Waals surface area contributed by atoms with Crippen LogP contribution in [0.2, 0.25) is 0 Å². The van der Waals surface area contributed by atoms with Gasteiger partial charge in [0.1, 0.15) is 9.90 Å². The second-order valence-electron chi connectivity index (χ2n) is 5.69. The summed E-state index contributed by atoms with van der Waals surface area (Å²) in [5.74, 6) is -0.719. The summed E-state index contributed by atoms with van der Waals surface area (Å²) in [7, 11) is -3.87. The maximum atomic E-state index is 12.7. The third-order valence-electron chi connectivity index (χ3n) is 3.94. The maximum Gasteiger partial charge on any atom is 0.273 e. The van der Waals surface area contributed by atoms with Gasteiger partial charge in [-0.1, -0.05) is 29.4 Å². The van der Waals surface area contributed by atoms with Crippen LogP contribution < -0.4 is 10.5 Å². The smallest absolute Gasteiger partial charge is 0.273 e. The standard InChI is InChI=1S/C18H13N3O4S3/c19-17(22)13-5-2-1-4-12(13)15-16(11-7-9-26-10-11)20-25-18(15)21-28(23,24)14-6-3-8-27-14/h1-10,21H,(H2,19,22). The van der Waals surface area contributed by atoms with Crippen LogP contribution in [-0.2, 0) is 10.0 Å². The zero-order chi connectivity index (χ0) is 19.7. The molecule has 1 aromatic carbocycles. The van der Waals surface area contributed by atoms with E-state index in [1.54, 1.807) is 35.7 Å². The molecule has 0 aliphatic carbocycles. The predicted molar refractivity (Wildman–Crippen MR) is 109 cm³/mol. The number of thiophene rings is 2. The van der Waals surface area contributed by atoms with Crippen molar-refractivity contribution >= 4 is 44.5 Å². The van der Waals surface area contributed by atoms with Gasteiger partial charge in [-0.3, -0.25) is 4.79 Å². The molecular weight excluding hydrogens is 418 g/mol. The summed E-state index contributed by atoms with van der Waals surface area (Å²) in [6.45, 7) is 0. The van der Waals surface area contributed by atoms with Crippen LogP contribution >= 0.6 is 22.7 Å². The second kappa shape index (κ2) is 7.23. The molecular formula is C18H13N3O4S3. The van der Waals surface area contributed by atoms with E-state index in [0.29, 0.717) is 16.8 Å². The molecule has 0 bridgehead atoms. The largest absolute Gasteiger partial charge is 0.366 e. The Morgan fingerprint density at radius 3 is 2.61 bits per heavy atom. The number of nitrogens with zero attached hydrogens (tertiary/aromatic N) is 1. The Bertz CT molecular complexity index is 1230. The van der Waals surface area contributed by atoms with Gasteiger partial charge in [0.2, 0.25) is 11.8 Å². The van der Waals surface area contributed by atoms with Crippen LogP contribution in [0.3, 0.4) is 0 Å². The number of anilines is 1. The van der Waals surface area contributed by atoms with Crippen LogP contribution in [0.25, 0.3) is 22.4 Å². The predicted octanol–water partition coefficient (Wildman–Crippen LogP) is 4.03. The van der Waals surface area contributed by atoms with Crippen molar-refractivity contribution in [2.45, 2.75) is 4.21 Å². The van der Waals surface area contributed by atoms with Gasteiger partial charge in [-0.15, -0.1) is 11.3 Å². The van der Waals surface area contributed by atoms with Crippen molar-refractivity contribution in [2.24, 2.45) is 5.73 Å². The summed E-state index contributed by atoms with van der Waals surface area (Å²) >= 11 is 2.54. The van der Waals surface area contributed by atoms with E-state index in [1.165, 1.54) is 17.4 Å². The van der Waals surface area contributed by atoms with Crippen LogP contribution in [0.4, 0.5) is 5.88 Å². The zero-order valence-electron chi connectivity index (χ0n) is 14.2. The molecule has 0 saturated heterocycles. The number of primary amides is 1. The van der Waals surface area contributed by atoms with Crippen molar-refractivity contribution in [3.63, 3.8) is 0 Å². The molecule has 0 unspecified atom stereocenters. The fourth-order valence-electron chi connectivity index (χ4n) is 2.71. The van der Waals surface area contributed by atoms with Crippen molar-refractivity contribution in [3.8, 4) is 22.4 Å². The van der Waals surface area contributed by atoms with Crippen molar-refractivity contribution < 1.29 is 17.7 Å². The van der Waals surface area contributed by atoms with Gasteiger partial charge in [0.05, 0.1) is 5.56 Å². The van der Waals surface area contributed by atoms with E-state index in [2.05, 4.69) is 9.88 Å². The van der Waals surface area contributed by atoms with Crippen LogP contribution in [-0.4, -0.2) is 19.5 Å². The van der Waals surface area contributed by atoms with E-state index < -0.39 is 15.9 Å². The molecule has 1 amide bonds. The molecule has 4 aromatic rings. The number of sulfonamides is 1. The Balaban J connectivity index is 1.91. The average Bonchev–Trinajstić information content (AvgIpc) is 3.42. The van der Waals surface area contributed by atoms with Crippen LogP contribution in [0, 0.1) is 0 Å². The number of aromatic nitrogens is 1. The lowest BCUT2D eigenvalue weighted by Crippen LogP contribution is -2.14. The third kappa shape index (κ3) is 3.33. The highest BCUT2D eigenvalue weighted by Crippen LogP contribution is 2.40. The van der Waals surface area contributed by atoms with E-state index >= 15 is 0 Å². The van der Waals surface area contributed by atoms with Gasteiger partial charge < -0.3 is 10.3 Å². The fourth-order valence-corrected chi connectivity index (χ4v) is 5.34. The number of hydrogen-bond acceptors (Lipinski definition) is 7. The molecule has 3 N–H and O–H groups in total. The number of hydrogen-bond donors (Lipinski definition) is 2. The van der Waals surface area contributed by atoms with Gasteiger partial charge >= 0.3 is 0 Å². The highest BCUT2D eigenvalue weighted by atomic mass is 32.2. The number of amides is 1. The molecule has 10 heteroatoms. The highest BCUT2D eigenvalue weighted by molar-refractivity contribution is 7.94. The Morgan fingerprint density at radius 2 is 1.93 bits per heavy atom. The van der Waals surface area contributed by atoms with Gasteiger partial charge in [0, 0.05) is 22.1 Å². The van der Waals surface area contributed by atoms with Gasteiger partial charge in [0.15, 0.2) is 0 Å². The second-order valence-corrected chi connectivity index (χ2v) is 9.33. The van der Waals surface area contributed by atoms with Crippen molar-refractivity contribution in [3.05, 3.63) is 64.2 Å². The van der Waals surface area contributed by atoms with Crippen LogP contribution in [0.5, 0.6) is 0 Å². The topological polar surface area (TPSA) is 115 Å². The van der Waals surface area contributed by atoms with E-state index in [0.717, 1.165) is 16.9 Å². The summed E-state index contributed by atoms with van der Waals surface area (Å²) in [5, 5.41) is 9.44. The van der Waals surface area contributed by atoms with E-state index in [-0.39, 0.29) is 15.7 Å². The van der Waals surface area contributed by atoms with Gasteiger partial charge in [-0.05, 0) is 29.0 Å². The molecule has 0 radical (unpaired) electrons. The molecule has 0 spiro atoms. The summed E-state index contributed by atoms with van der Waals surface area (Å²) in [6.07, 6.45) is 0. The fraction of sp³-hybridized carbons (Fsp3) is 0. The molecule has 7 nitrogen and oxygen atoms in total. The van der Waals surface area contributed by atoms with Gasteiger partial charge in [0.25, 0.3) is 10.0 Å². The quantitative estimate of drug-likeness (QED) is 0.478. The summed E-state index contributed by atoms with van der Waals surface area (Å²) < 4.78 is 33.3. The minimum absolute atomic E-state index is 0.0803. The molecule has 0 aliphatic heterocycles. The molecule has 28 heavy (non-hydrogen) atoms. The van der Waals surface area contributed by atoms with Crippen molar-refractivity contribution in [1.29, 1.82) is 0 Å². The van der Waals surface area contributed by atoms with Crippen LogP contribution in [0.1, 0.15) is 10.4 Å². The summed E-state index contributed by atoms with van der Waals surface area (Å²) in [5.41, 5.74) is 7.70. The Labute approximate surface area is 168 Å². The first-order chi connectivity index (χ1) is 13.5. The Kier molecular flexibility index (Phi) is 4.75. The first-order valence-corrected chi connectivity index (χ1v) is 11.3. The lowest BCUT2D eigenvalue weighted by molar-refractivity contribution is 0.100. The molecule has 0 aliphatic rings. The van der Waals surface area contributed by atoms with Crippen molar-refractivity contribution in [1.82, 2.24) is 5.16 Å². The number of carbonyl (C=O) groups excluding carboxylic acids is 1. The first kappa shape index (κ1) is 18.4. The monoisotopic (exact) mass is 431 g/mol. The van der Waals surface area contributed by atoms with E-state index in [1.807, 2.05) is 16.8 Å². The molecule has 0 fully saturated rings. The Morgan fingerprint density at radius 1 is 1.11 bits per heavy atom. The number of benzene rings is 1. The SMILES string of the molecule is NC(=O)c1ccccc1-c1c(-c2ccsc2)noc1NS(=O)(=O)c1cccs1. The minimum atomic E-state index is -3.87. The van der Waals surface area contributed by atoms with Gasteiger partial charge in [-0.25, -0.2) is 13.1 Å². The number of rotatable bonds is 6. The van der Waals surface area contributed by atoms with Crippen molar-refractivity contribution in [2.75, 3.05) is 4.72 Å². The molecule has 4 rings (SSSR count). The first-order valence-electron chi connectivity index (χ1n) is 7.95. The van der Waals surface area contributed by atoms with Gasteiger partial charge in [-0.2, -0.15) is 11.3 Å². The lowest BCUT2D eigenvalue weighted by atomic mass is 9.97. The van der Waals surface area contributed by atoms with E-state index in [4.69, 9.17) is 10.3 Å². The molecule has 0 saturated carbocycles. The van der Waals surface area contributed by atoms with Crippen LogP contribution in [0.15, 0.2) is 67.3 Å². The molecule has 3 aromatic heterocycles. The minimum Gasteiger partial charge on any atom is -0.366 e. The highest BCUT2D eigenvalue weighted by Gasteiger charge is 2.27. The summed E-state index contributed by atoms with van der Waals surface area (Å²) in [4.78, 5) is 11.9. The molecule has 3 heterocycles. The lowest BCUT2D eigenvalue weighted by Gasteiger charge is -2.09. The van der Waals surface area contributed by atoms with E-state index in [9.17, 15) is 13.2 Å². The number of nitrogens with one attached hydrogen (secondary N) is 1.